The Morgan fingerprint density at radius 2 is 1.75 bits per heavy atom. The molecule has 20 heavy (non-hydrogen) atoms. The second kappa shape index (κ2) is 6.86. The lowest BCUT2D eigenvalue weighted by molar-refractivity contribution is 0.619. The van der Waals surface area contributed by atoms with Crippen LogP contribution < -0.4 is 0 Å². The summed E-state index contributed by atoms with van der Waals surface area (Å²) >= 11 is 7.03. The van der Waals surface area contributed by atoms with E-state index < -0.39 is 0 Å². The molecule has 0 bridgehead atoms. The zero-order valence-corrected chi connectivity index (χ0v) is 14.8. The number of hydrogen-bond acceptors (Lipinski definition) is 0. The van der Waals surface area contributed by atoms with Gasteiger partial charge in [0.1, 0.15) is 5.82 Å². The predicted octanol–water partition coefficient (Wildman–Crippen LogP) is 6.20. The Hall–Kier alpha value is -0.670. The fourth-order valence-electron chi connectivity index (χ4n) is 2.37. The molecule has 0 aliphatic rings. The van der Waals surface area contributed by atoms with Crippen molar-refractivity contribution in [2.24, 2.45) is 0 Å². The van der Waals surface area contributed by atoms with Crippen LogP contribution in [0, 0.1) is 5.82 Å². The number of aryl methyl sites for hydroxylation is 2. The highest BCUT2D eigenvalue weighted by Gasteiger charge is 2.16. The zero-order chi connectivity index (χ0) is 14.7. The van der Waals surface area contributed by atoms with E-state index >= 15 is 0 Å². The summed E-state index contributed by atoms with van der Waals surface area (Å²) in [6.07, 6.45) is 2.06. The van der Waals surface area contributed by atoms with Gasteiger partial charge in [0.15, 0.2) is 0 Å². The summed E-state index contributed by atoms with van der Waals surface area (Å²) in [7, 11) is 0. The van der Waals surface area contributed by atoms with Gasteiger partial charge >= 0.3 is 0 Å². The van der Waals surface area contributed by atoms with Crippen LogP contribution in [0.1, 0.15) is 40.9 Å². The number of alkyl halides is 1. The van der Waals surface area contributed by atoms with Gasteiger partial charge in [0.05, 0.1) is 9.30 Å². The Morgan fingerprint density at radius 1 is 1.05 bits per heavy atom. The molecule has 1 unspecified atom stereocenters. The van der Waals surface area contributed by atoms with Gasteiger partial charge in [-0.05, 0) is 57.1 Å². The third-order valence-corrected chi connectivity index (χ3v) is 5.40. The van der Waals surface area contributed by atoms with E-state index in [0.29, 0.717) is 4.47 Å². The van der Waals surface area contributed by atoms with Crippen LogP contribution in [0.25, 0.3) is 0 Å². The summed E-state index contributed by atoms with van der Waals surface area (Å²) in [4.78, 5) is -0.0104. The first-order chi connectivity index (χ1) is 9.58. The number of halogens is 3. The van der Waals surface area contributed by atoms with Gasteiger partial charge in [0, 0.05) is 0 Å². The summed E-state index contributed by atoms with van der Waals surface area (Å²) in [5.74, 6) is -0.229. The molecule has 0 saturated heterocycles. The van der Waals surface area contributed by atoms with Crippen LogP contribution in [0.4, 0.5) is 4.39 Å². The van der Waals surface area contributed by atoms with Crippen molar-refractivity contribution in [3.63, 3.8) is 0 Å². The molecule has 0 heterocycles. The van der Waals surface area contributed by atoms with Crippen LogP contribution in [0.15, 0.2) is 40.9 Å². The fourth-order valence-corrected chi connectivity index (χ4v) is 3.84. The molecular weight excluding hydrogens is 383 g/mol. The molecular formula is C17H17Br2F. The molecule has 0 fully saturated rings. The van der Waals surface area contributed by atoms with Crippen LogP contribution >= 0.6 is 31.9 Å². The fraction of sp³-hybridized carbons (Fsp3) is 0.294. The lowest BCUT2D eigenvalue weighted by atomic mass is 9.96. The van der Waals surface area contributed by atoms with Gasteiger partial charge < -0.3 is 0 Å². The van der Waals surface area contributed by atoms with Crippen molar-refractivity contribution >= 4 is 31.9 Å². The van der Waals surface area contributed by atoms with Gasteiger partial charge in [-0.25, -0.2) is 4.39 Å². The summed E-state index contributed by atoms with van der Waals surface area (Å²) in [5.41, 5.74) is 4.82. The van der Waals surface area contributed by atoms with Crippen molar-refractivity contribution in [2.45, 2.75) is 31.5 Å². The van der Waals surface area contributed by atoms with E-state index in [1.807, 2.05) is 6.07 Å². The van der Waals surface area contributed by atoms with Gasteiger partial charge in [-0.3, -0.25) is 0 Å². The smallest absolute Gasteiger partial charge is 0.137 e. The Balaban J connectivity index is 2.43. The highest BCUT2D eigenvalue weighted by atomic mass is 79.9. The van der Waals surface area contributed by atoms with Crippen molar-refractivity contribution in [3.8, 4) is 0 Å². The van der Waals surface area contributed by atoms with Crippen LogP contribution in [-0.4, -0.2) is 0 Å². The van der Waals surface area contributed by atoms with E-state index in [4.69, 9.17) is 0 Å². The Kier molecular flexibility index (Phi) is 5.39. The molecule has 0 nitrogen and oxygen atoms in total. The van der Waals surface area contributed by atoms with Crippen molar-refractivity contribution < 1.29 is 4.39 Å². The van der Waals surface area contributed by atoms with Gasteiger partial charge in [-0.15, -0.1) is 0 Å². The molecule has 0 saturated carbocycles. The first kappa shape index (κ1) is 15.7. The van der Waals surface area contributed by atoms with E-state index in [0.717, 1.165) is 24.0 Å². The van der Waals surface area contributed by atoms with E-state index in [-0.39, 0.29) is 10.6 Å². The Bertz CT molecular complexity index is 608. The van der Waals surface area contributed by atoms with E-state index in [2.05, 4.69) is 63.9 Å². The molecule has 0 aromatic heterocycles. The zero-order valence-electron chi connectivity index (χ0n) is 11.6. The first-order valence-electron chi connectivity index (χ1n) is 6.78. The van der Waals surface area contributed by atoms with Gasteiger partial charge in [0.2, 0.25) is 0 Å². The molecule has 1 atom stereocenters. The highest BCUT2D eigenvalue weighted by molar-refractivity contribution is 9.11. The molecule has 2 aromatic rings. The van der Waals surface area contributed by atoms with Crippen molar-refractivity contribution in [1.29, 1.82) is 0 Å². The second-order valence-electron chi connectivity index (χ2n) is 4.74. The molecule has 2 rings (SSSR count). The predicted molar refractivity (Wildman–Crippen MR) is 90.1 cm³/mol. The Morgan fingerprint density at radius 3 is 2.40 bits per heavy atom. The topological polar surface area (TPSA) is 0 Å². The van der Waals surface area contributed by atoms with E-state index in [1.165, 1.54) is 17.2 Å². The molecule has 0 radical (unpaired) electrons. The molecule has 3 heteroatoms. The maximum absolute atomic E-state index is 13.7. The van der Waals surface area contributed by atoms with E-state index in [9.17, 15) is 4.39 Å². The number of benzene rings is 2. The molecule has 2 aromatic carbocycles. The largest absolute Gasteiger partial charge is 0.206 e. The average molecular weight is 400 g/mol. The maximum atomic E-state index is 13.7. The third-order valence-electron chi connectivity index (χ3n) is 3.54. The maximum Gasteiger partial charge on any atom is 0.137 e. The summed E-state index contributed by atoms with van der Waals surface area (Å²) in [6, 6.07) is 11.7. The lowest BCUT2D eigenvalue weighted by Gasteiger charge is -2.16. The lowest BCUT2D eigenvalue weighted by Crippen LogP contribution is -1.99. The SMILES string of the molecule is CCc1ccc(C(Br)c2cccc(F)c2Br)cc1CC. The monoisotopic (exact) mass is 398 g/mol. The molecule has 0 aliphatic carbocycles. The Labute approximate surface area is 136 Å². The normalized spacial score (nSPS) is 12.4. The first-order valence-corrected chi connectivity index (χ1v) is 8.49. The third kappa shape index (κ3) is 3.15. The van der Waals surface area contributed by atoms with Crippen molar-refractivity contribution in [2.75, 3.05) is 0 Å². The van der Waals surface area contributed by atoms with Gasteiger partial charge in [-0.1, -0.05) is 60.1 Å². The van der Waals surface area contributed by atoms with Gasteiger partial charge in [-0.2, -0.15) is 0 Å². The molecule has 106 valence electrons. The quantitative estimate of drug-likeness (QED) is 0.537. The summed E-state index contributed by atoms with van der Waals surface area (Å²) in [5, 5.41) is 0. The van der Waals surface area contributed by atoms with Crippen LogP contribution in [0.3, 0.4) is 0 Å². The minimum atomic E-state index is -0.229. The molecule has 0 spiro atoms. The van der Waals surface area contributed by atoms with Gasteiger partial charge in [0.25, 0.3) is 0 Å². The standard InChI is InChI=1S/C17H17Br2F/c1-3-11-8-9-13(10-12(11)4-2)16(18)14-6-5-7-15(20)17(14)19/h5-10,16H,3-4H2,1-2H3. The summed E-state index contributed by atoms with van der Waals surface area (Å²) < 4.78 is 14.2. The van der Waals surface area contributed by atoms with Crippen molar-refractivity contribution in [3.05, 3.63) is 68.9 Å². The molecule has 0 N–H and O–H groups in total. The molecule has 0 amide bonds. The van der Waals surface area contributed by atoms with Crippen LogP contribution in [0.5, 0.6) is 0 Å². The highest BCUT2D eigenvalue weighted by Crippen LogP contribution is 2.37. The van der Waals surface area contributed by atoms with Crippen molar-refractivity contribution in [1.82, 2.24) is 0 Å². The van der Waals surface area contributed by atoms with Crippen LogP contribution in [0.2, 0.25) is 0 Å². The summed E-state index contributed by atoms with van der Waals surface area (Å²) in [6.45, 7) is 4.34. The average Bonchev–Trinajstić information content (AvgIpc) is 2.48. The minimum Gasteiger partial charge on any atom is -0.206 e. The second-order valence-corrected chi connectivity index (χ2v) is 6.45. The number of hydrogen-bond donors (Lipinski definition) is 0. The molecule has 0 aliphatic heterocycles. The minimum absolute atomic E-state index is 0.0104. The number of rotatable bonds is 4. The van der Waals surface area contributed by atoms with E-state index in [1.54, 1.807) is 6.07 Å². The van der Waals surface area contributed by atoms with Crippen LogP contribution in [-0.2, 0) is 12.8 Å².